The Morgan fingerprint density at radius 3 is 1.43 bits per heavy atom. The Kier molecular flexibility index (Phi) is 5.69. The highest BCUT2D eigenvalue weighted by Gasteiger charge is 2.76. The van der Waals surface area contributed by atoms with Crippen LogP contribution in [0.2, 0.25) is 0 Å². The molecule has 0 spiro atoms. The van der Waals surface area contributed by atoms with Gasteiger partial charge in [-0.25, -0.2) is 4.79 Å². The summed E-state index contributed by atoms with van der Waals surface area (Å²) < 4.78 is 167. The van der Waals surface area contributed by atoms with Gasteiger partial charge >= 0.3 is 36.3 Å². The molecule has 1 aromatic carbocycles. The third-order valence-electron chi connectivity index (χ3n) is 3.39. The van der Waals surface area contributed by atoms with Crippen LogP contribution in [0.5, 0.6) is 0 Å². The lowest BCUT2D eigenvalue weighted by atomic mass is 9.84. The van der Waals surface area contributed by atoms with Gasteiger partial charge in [-0.3, -0.25) is 0 Å². The van der Waals surface area contributed by atoms with Gasteiger partial charge in [0.05, 0.1) is 11.1 Å². The Bertz CT molecular complexity index is 716. The van der Waals surface area contributed by atoms with Crippen molar-refractivity contribution in [3.05, 3.63) is 34.9 Å². The number of aromatic carboxylic acids is 1. The van der Waals surface area contributed by atoms with Crippen LogP contribution in [0.4, 0.5) is 57.1 Å². The van der Waals surface area contributed by atoms with Crippen molar-refractivity contribution in [3.63, 3.8) is 0 Å². The first-order valence-corrected chi connectivity index (χ1v) is 6.49. The molecule has 0 saturated carbocycles. The fourth-order valence-corrected chi connectivity index (χ4v) is 2.14. The summed E-state index contributed by atoms with van der Waals surface area (Å²) in [5.41, 5.74) is -6.67. The first-order valence-electron chi connectivity index (χ1n) is 6.49. The number of halogens is 13. The number of carboxylic acids is 1. The number of hydrogen-bond acceptors (Lipinski definition) is 1. The van der Waals surface area contributed by atoms with E-state index in [0.717, 1.165) is 0 Å². The van der Waals surface area contributed by atoms with E-state index < -0.39 is 71.1 Å². The molecule has 160 valence electrons. The molecule has 0 heterocycles. The summed E-state index contributed by atoms with van der Waals surface area (Å²) in [7, 11) is 0. The van der Waals surface area contributed by atoms with Crippen LogP contribution in [0.25, 0.3) is 0 Å². The van der Waals surface area contributed by atoms with E-state index in [0.29, 0.717) is 0 Å². The zero-order valence-corrected chi connectivity index (χ0v) is 12.6. The summed E-state index contributed by atoms with van der Waals surface area (Å²) in [6, 6.07) is -1.61. The standard InChI is InChI=1S/C13H5F13O2/c14-9(15,12(21,22)23)7(10(16,17)13(24,25)26)4-1-2-5(8(27)28)6(3-4)11(18,19)20/h1-3,7H,(H,27,28). The van der Waals surface area contributed by atoms with Gasteiger partial charge in [0.2, 0.25) is 0 Å². The van der Waals surface area contributed by atoms with E-state index in [2.05, 4.69) is 0 Å². The van der Waals surface area contributed by atoms with E-state index in [1.165, 1.54) is 0 Å². The molecule has 0 aliphatic rings. The summed E-state index contributed by atoms with van der Waals surface area (Å²) in [4.78, 5) is 10.7. The molecule has 15 heteroatoms. The van der Waals surface area contributed by atoms with E-state index in [4.69, 9.17) is 5.11 Å². The highest BCUT2D eigenvalue weighted by Crippen LogP contribution is 2.57. The number of alkyl halides is 13. The maximum atomic E-state index is 13.5. The lowest BCUT2D eigenvalue weighted by molar-refractivity contribution is -0.354. The molecule has 0 fully saturated rings. The van der Waals surface area contributed by atoms with E-state index in [-0.39, 0.29) is 6.07 Å². The number of rotatable bonds is 4. The number of carbonyl (C=O) groups is 1. The first kappa shape index (κ1) is 23.8. The van der Waals surface area contributed by atoms with Gasteiger partial charge in [-0.05, 0) is 17.7 Å². The second kappa shape index (κ2) is 6.69. The molecule has 1 rings (SSSR count). The van der Waals surface area contributed by atoms with Crippen LogP contribution >= 0.6 is 0 Å². The van der Waals surface area contributed by atoms with Crippen molar-refractivity contribution in [3.8, 4) is 0 Å². The normalized spacial score (nSPS) is 14.5. The van der Waals surface area contributed by atoms with Gasteiger partial charge in [0.1, 0.15) is 5.92 Å². The molecular formula is C13H5F13O2. The minimum absolute atomic E-state index is 0.299. The van der Waals surface area contributed by atoms with Crippen LogP contribution < -0.4 is 0 Å². The molecule has 0 bridgehead atoms. The van der Waals surface area contributed by atoms with Crippen LogP contribution in [0.3, 0.4) is 0 Å². The van der Waals surface area contributed by atoms with Crippen molar-refractivity contribution in [2.75, 3.05) is 0 Å². The Morgan fingerprint density at radius 1 is 0.750 bits per heavy atom. The van der Waals surface area contributed by atoms with Crippen molar-refractivity contribution in [2.24, 2.45) is 0 Å². The van der Waals surface area contributed by atoms with Gasteiger partial charge in [-0.2, -0.15) is 57.1 Å². The zero-order valence-electron chi connectivity index (χ0n) is 12.6. The van der Waals surface area contributed by atoms with Gasteiger partial charge in [0.25, 0.3) is 0 Å². The zero-order chi connectivity index (χ0) is 22.5. The van der Waals surface area contributed by atoms with Crippen LogP contribution in [-0.2, 0) is 6.18 Å². The molecule has 1 N–H and O–H groups in total. The predicted octanol–water partition coefficient (Wildman–Crippen LogP) is 5.88. The van der Waals surface area contributed by atoms with Crippen molar-refractivity contribution < 1.29 is 67.0 Å². The Labute approximate surface area is 145 Å². The van der Waals surface area contributed by atoms with Crippen molar-refractivity contribution in [2.45, 2.75) is 36.3 Å². The first-order chi connectivity index (χ1) is 12.2. The highest BCUT2D eigenvalue weighted by atomic mass is 19.4. The molecule has 0 aliphatic carbocycles. The molecule has 0 saturated heterocycles. The maximum Gasteiger partial charge on any atom is 0.454 e. The lowest BCUT2D eigenvalue weighted by Crippen LogP contribution is -2.54. The molecule has 0 amide bonds. The molecular weight excluding hydrogens is 435 g/mol. The Balaban J connectivity index is 3.91. The van der Waals surface area contributed by atoms with Crippen molar-refractivity contribution in [1.29, 1.82) is 0 Å². The second-order valence-electron chi connectivity index (χ2n) is 5.28. The van der Waals surface area contributed by atoms with Gasteiger partial charge in [-0.1, -0.05) is 6.07 Å². The van der Waals surface area contributed by atoms with Crippen LogP contribution in [0.15, 0.2) is 18.2 Å². The maximum absolute atomic E-state index is 13.5. The fraction of sp³-hybridized carbons (Fsp3) is 0.462. The smallest absolute Gasteiger partial charge is 0.454 e. The molecule has 0 aromatic heterocycles. The minimum Gasteiger partial charge on any atom is -0.478 e. The SMILES string of the molecule is O=C(O)c1ccc(C(C(F)(F)C(F)(F)F)C(F)(F)C(F)(F)F)cc1C(F)(F)F. The average molecular weight is 440 g/mol. The van der Waals surface area contributed by atoms with Gasteiger partial charge in [0, 0.05) is 0 Å². The molecule has 0 unspecified atom stereocenters. The summed E-state index contributed by atoms with van der Waals surface area (Å²) >= 11 is 0. The number of benzene rings is 1. The summed E-state index contributed by atoms with van der Waals surface area (Å²) in [6.07, 6.45) is -19.8. The summed E-state index contributed by atoms with van der Waals surface area (Å²) in [5.74, 6) is -21.2. The van der Waals surface area contributed by atoms with E-state index in [1.54, 1.807) is 0 Å². The van der Waals surface area contributed by atoms with Crippen LogP contribution in [0.1, 0.15) is 27.4 Å². The minimum atomic E-state index is -7.00. The topological polar surface area (TPSA) is 37.3 Å². The molecule has 0 aliphatic heterocycles. The summed E-state index contributed by atoms with van der Waals surface area (Å²) in [6.45, 7) is 0. The molecule has 28 heavy (non-hydrogen) atoms. The largest absolute Gasteiger partial charge is 0.478 e. The van der Waals surface area contributed by atoms with E-state index in [9.17, 15) is 61.9 Å². The average Bonchev–Trinajstić information content (AvgIpc) is 2.43. The third kappa shape index (κ3) is 4.11. The monoisotopic (exact) mass is 440 g/mol. The van der Waals surface area contributed by atoms with E-state index >= 15 is 0 Å². The van der Waals surface area contributed by atoms with Crippen LogP contribution in [-0.4, -0.2) is 35.3 Å². The Hall–Kier alpha value is -2.22. The van der Waals surface area contributed by atoms with Crippen LogP contribution in [0, 0.1) is 0 Å². The number of carboxylic acid groups (broad SMARTS) is 1. The quantitative estimate of drug-likeness (QED) is 0.594. The van der Waals surface area contributed by atoms with Gasteiger partial charge < -0.3 is 5.11 Å². The summed E-state index contributed by atoms with van der Waals surface area (Å²) in [5, 5.41) is 8.58. The number of hydrogen-bond donors (Lipinski definition) is 1. The lowest BCUT2D eigenvalue weighted by Gasteiger charge is -2.35. The second-order valence-corrected chi connectivity index (χ2v) is 5.28. The highest BCUT2D eigenvalue weighted by molar-refractivity contribution is 5.89. The molecule has 1 aromatic rings. The fourth-order valence-electron chi connectivity index (χ4n) is 2.14. The molecule has 0 radical (unpaired) electrons. The van der Waals surface area contributed by atoms with Gasteiger partial charge in [-0.15, -0.1) is 0 Å². The molecule has 0 atom stereocenters. The predicted molar refractivity (Wildman–Crippen MR) is 63.1 cm³/mol. The molecule has 2 nitrogen and oxygen atoms in total. The van der Waals surface area contributed by atoms with Crippen molar-refractivity contribution in [1.82, 2.24) is 0 Å². The van der Waals surface area contributed by atoms with Crippen molar-refractivity contribution >= 4 is 5.97 Å². The Morgan fingerprint density at radius 2 is 1.14 bits per heavy atom. The third-order valence-corrected chi connectivity index (χ3v) is 3.39. The van der Waals surface area contributed by atoms with E-state index in [1.807, 2.05) is 0 Å². The van der Waals surface area contributed by atoms with Gasteiger partial charge in [0.15, 0.2) is 0 Å².